The number of nitrogens with zero attached hydrogens (tertiary/aromatic N) is 2. The Kier molecular flexibility index (Phi) is 5.02. The van der Waals surface area contributed by atoms with Crippen LogP contribution in [0.5, 0.6) is 0 Å². The Balaban J connectivity index is 2.19. The van der Waals surface area contributed by atoms with Crippen LogP contribution in [0.1, 0.15) is 61.8 Å². The SMILES string of the molecule is CCCc1nc(N(CCC(C)C)C2CC2)sc1C(=O)O. The van der Waals surface area contributed by atoms with Crippen molar-refractivity contribution in [1.29, 1.82) is 0 Å². The second-order valence-electron chi connectivity index (χ2n) is 5.93. The van der Waals surface area contributed by atoms with E-state index in [0.717, 1.165) is 36.6 Å². The van der Waals surface area contributed by atoms with E-state index in [1.165, 1.54) is 24.2 Å². The van der Waals surface area contributed by atoms with Crippen LogP contribution in [0, 0.1) is 5.92 Å². The second-order valence-corrected chi connectivity index (χ2v) is 6.91. The number of hydrogen-bond acceptors (Lipinski definition) is 4. The number of aromatic carboxylic acids is 1. The Morgan fingerprint density at radius 3 is 2.70 bits per heavy atom. The lowest BCUT2D eigenvalue weighted by Gasteiger charge is -2.22. The minimum absolute atomic E-state index is 0.428. The number of carbonyl (C=O) groups is 1. The van der Waals surface area contributed by atoms with E-state index in [1.54, 1.807) is 0 Å². The fourth-order valence-electron chi connectivity index (χ4n) is 2.25. The molecule has 20 heavy (non-hydrogen) atoms. The summed E-state index contributed by atoms with van der Waals surface area (Å²) in [5.41, 5.74) is 0.759. The van der Waals surface area contributed by atoms with Crippen LogP contribution in [0.2, 0.25) is 0 Å². The predicted octanol–water partition coefficient (Wildman–Crippen LogP) is 3.81. The van der Waals surface area contributed by atoms with E-state index in [0.29, 0.717) is 16.8 Å². The molecule has 0 atom stereocenters. The number of rotatable bonds is 8. The zero-order valence-electron chi connectivity index (χ0n) is 12.6. The van der Waals surface area contributed by atoms with Gasteiger partial charge in [-0.1, -0.05) is 38.5 Å². The van der Waals surface area contributed by atoms with E-state index in [-0.39, 0.29) is 0 Å². The summed E-state index contributed by atoms with van der Waals surface area (Å²) in [5.74, 6) is -0.179. The Morgan fingerprint density at radius 1 is 1.50 bits per heavy atom. The first-order chi connectivity index (χ1) is 9.52. The van der Waals surface area contributed by atoms with Gasteiger partial charge in [0.05, 0.1) is 5.69 Å². The molecule has 0 amide bonds. The average Bonchev–Trinajstić information content (AvgIpc) is 3.11. The molecule has 4 nitrogen and oxygen atoms in total. The van der Waals surface area contributed by atoms with Crippen LogP contribution >= 0.6 is 11.3 Å². The van der Waals surface area contributed by atoms with Crippen LogP contribution in [0.3, 0.4) is 0 Å². The molecular formula is C15H24N2O2S. The maximum atomic E-state index is 11.3. The van der Waals surface area contributed by atoms with Gasteiger partial charge in [-0.25, -0.2) is 9.78 Å². The second kappa shape index (κ2) is 6.57. The summed E-state index contributed by atoms with van der Waals surface area (Å²) >= 11 is 1.35. The molecule has 1 aromatic rings. The number of hydrogen-bond donors (Lipinski definition) is 1. The quantitative estimate of drug-likeness (QED) is 0.792. The molecule has 0 unspecified atom stereocenters. The Labute approximate surface area is 124 Å². The highest BCUT2D eigenvalue weighted by Gasteiger charge is 2.32. The van der Waals surface area contributed by atoms with Crippen molar-refractivity contribution in [3.8, 4) is 0 Å². The molecule has 0 aliphatic heterocycles. The molecule has 0 spiro atoms. The summed E-state index contributed by atoms with van der Waals surface area (Å²) in [6, 6.07) is 0.580. The summed E-state index contributed by atoms with van der Waals surface area (Å²) in [6.45, 7) is 7.48. The van der Waals surface area contributed by atoms with Gasteiger partial charge in [0.25, 0.3) is 0 Å². The molecule has 1 N–H and O–H groups in total. The average molecular weight is 296 g/mol. The first-order valence-corrected chi connectivity index (χ1v) is 8.34. The van der Waals surface area contributed by atoms with Crippen molar-refractivity contribution in [2.24, 2.45) is 5.92 Å². The van der Waals surface area contributed by atoms with Crippen molar-refractivity contribution >= 4 is 22.4 Å². The van der Waals surface area contributed by atoms with Gasteiger partial charge < -0.3 is 10.0 Å². The molecule has 1 heterocycles. The van der Waals surface area contributed by atoms with E-state index in [1.807, 2.05) is 0 Å². The van der Waals surface area contributed by atoms with Gasteiger partial charge in [-0.2, -0.15) is 0 Å². The molecule has 2 rings (SSSR count). The minimum Gasteiger partial charge on any atom is -0.477 e. The monoisotopic (exact) mass is 296 g/mol. The highest BCUT2D eigenvalue weighted by molar-refractivity contribution is 7.17. The normalized spacial score (nSPS) is 14.8. The highest BCUT2D eigenvalue weighted by Crippen LogP contribution is 2.36. The van der Waals surface area contributed by atoms with E-state index in [9.17, 15) is 9.90 Å². The lowest BCUT2D eigenvalue weighted by atomic mass is 10.1. The Bertz CT molecular complexity index is 466. The number of aromatic nitrogens is 1. The summed E-state index contributed by atoms with van der Waals surface area (Å²) in [4.78, 5) is 18.7. The number of anilines is 1. The number of carboxylic acids is 1. The van der Waals surface area contributed by atoms with E-state index in [2.05, 4.69) is 30.7 Å². The van der Waals surface area contributed by atoms with Crippen LogP contribution in [-0.2, 0) is 6.42 Å². The predicted molar refractivity (Wildman–Crippen MR) is 82.9 cm³/mol. The lowest BCUT2D eigenvalue weighted by Crippen LogP contribution is -2.27. The van der Waals surface area contributed by atoms with Crippen LogP contribution in [0.15, 0.2) is 0 Å². The van der Waals surface area contributed by atoms with Crippen molar-refractivity contribution in [1.82, 2.24) is 4.98 Å². The first kappa shape index (κ1) is 15.3. The molecule has 5 heteroatoms. The van der Waals surface area contributed by atoms with Gasteiger partial charge >= 0.3 is 5.97 Å². The molecule has 0 bridgehead atoms. The Hall–Kier alpha value is -1.10. The summed E-state index contributed by atoms with van der Waals surface area (Å²) in [5, 5.41) is 10.2. The maximum absolute atomic E-state index is 11.3. The molecule has 1 saturated carbocycles. The third-order valence-corrected chi connectivity index (χ3v) is 4.67. The van der Waals surface area contributed by atoms with Crippen molar-refractivity contribution < 1.29 is 9.90 Å². The topological polar surface area (TPSA) is 53.4 Å². The van der Waals surface area contributed by atoms with Gasteiger partial charge in [0, 0.05) is 12.6 Å². The maximum Gasteiger partial charge on any atom is 0.347 e. The van der Waals surface area contributed by atoms with Gasteiger partial charge in [-0.3, -0.25) is 0 Å². The third kappa shape index (κ3) is 3.72. The molecule has 0 aromatic carbocycles. The zero-order chi connectivity index (χ0) is 14.7. The molecule has 1 aromatic heterocycles. The van der Waals surface area contributed by atoms with Crippen molar-refractivity contribution in [3.63, 3.8) is 0 Å². The number of carboxylic acid groups (broad SMARTS) is 1. The lowest BCUT2D eigenvalue weighted by molar-refractivity contribution is 0.0700. The van der Waals surface area contributed by atoms with E-state index >= 15 is 0 Å². The highest BCUT2D eigenvalue weighted by atomic mass is 32.1. The fraction of sp³-hybridized carbons (Fsp3) is 0.733. The summed E-state index contributed by atoms with van der Waals surface area (Å²) < 4.78 is 0. The van der Waals surface area contributed by atoms with Gasteiger partial charge in [0.15, 0.2) is 5.13 Å². The summed E-state index contributed by atoms with van der Waals surface area (Å²) in [6.07, 6.45) is 5.23. The third-order valence-electron chi connectivity index (χ3n) is 3.55. The minimum atomic E-state index is -0.836. The molecule has 0 radical (unpaired) electrons. The molecule has 112 valence electrons. The number of aryl methyl sites for hydroxylation is 1. The van der Waals surface area contributed by atoms with E-state index in [4.69, 9.17) is 0 Å². The largest absolute Gasteiger partial charge is 0.477 e. The molecule has 1 fully saturated rings. The van der Waals surface area contributed by atoms with Gasteiger partial charge in [0.1, 0.15) is 4.88 Å². The van der Waals surface area contributed by atoms with Crippen molar-refractivity contribution in [3.05, 3.63) is 10.6 Å². The van der Waals surface area contributed by atoms with Crippen LogP contribution in [0.4, 0.5) is 5.13 Å². The van der Waals surface area contributed by atoms with Crippen LogP contribution in [0.25, 0.3) is 0 Å². The van der Waals surface area contributed by atoms with Crippen molar-refractivity contribution in [2.75, 3.05) is 11.4 Å². The van der Waals surface area contributed by atoms with Gasteiger partial charge in [-0.05, 0) is 31.6 Å². The van der Waals surface area contributed by atoms with Gasteiger partial charge in [-0.15, -0.1) is 0 Å². The standard InChI is InChI=1S/C15H24N2O2S/c1-4-5-12-13(14(18)19)20-15(16-12)17(11-6-7-11)9-8-10(2)3/h10-11H,4-9H2,1-3H3,(H,18,19). The van der Waals surface area contributed by atoms with E-state index < -0.39 is 5.97 Å². The molecule has 0 saturated heterocycles. The zero-order valence-corrected chi connectivity index (χ0v) is 13.4. The fourth-order valence-corrected chi connectivity index (χ4v) is 3.30. The first-order valence-electron chi connectivity index (χ1n) is 7.52. The van der Waals surface area contributed by atoms with Crippen LogP contribution in [-0.4, -0.2) is 28.6 Å². The van der Waals surface area contributed by atoms with Crippen LogP contribution < -0.4 is 4.90 Å². The smallest absolute Gasteiger partial charge is 0.347 e. The number of thiazole rings is 1. The van der Waals surface area contributed by atoms with Gasteiger partial charge in [0.2, 0.25) is 0 Å². The summed E-state index contributed by atoms with van der Waals surface area (Å²) in [7, 11) is 0. The molecule has 1 aliphatic carbocycles. The van der Waals surface area contributed by atoms with Crippen molar-refractivity contribution in [2.45, 2.75) is 58.9 Å². The molecular weight excluding hydrogens is 272 g/mol. The molecule has 1 aliphatic rings. The Morgan fingerprint density at radius 2 is 2.20 bits per heavy atom.